The van der Waals surface area contributed by atoms with Crippen LogP contribution >= 0.6 is 24.0 Å². The first-order valence-corrected chi connectivity index (χ1v) is 9.59. The van der Waals surface area contributed by atoms with Gasteiger partial charge in [-0.15, -0.1) is 0 Å². The van der Waals surface area contributed by atoms with Gasteiger partial charge in [0.25, 0.3) is 5.91 Å². The number of hydrogen-bond acceptors (Lipinski definition) is 6. The summed E-state index contributed by atoms with van der Waals surface area (Å²) in [5, 5.41) is 12.5. The number of benzene rings is 2. The van der Waals surface area contributed by atoms with E-state index in [0.717, 1.165) is 22.9 Å². The molecule has 0 radical (unpaired) electrons. The van der Waals surface area contributed by atoms with Gasteiger partial charge in [-0.2, -0.15) is 0 Å². The summed E-state index contributed by atoms with van der Waals surface area (Å²) in [6, 6.07) is 12.2. The van der Waals surface area contributed by atoms with Crippen molar-refractivity contribution < 1.29 is 19.4 Å². The quantitative estimate of drug-likeness (QED) is 0.443. The summed E-state index contributed by atoms with van der Waals surface area (Å²) in [5.41, 5.74) is 1.93. The lowest BCUT2D eigenvalue weighted by Gasteiger charge is -2.15. The Hall–Kier alpha value is -2.84. The number of rotatable bonds is 5. The molecular weight excluding hydrogens is 396 g/mol. The molecule has 28 heavy (non-hydrogen) atoms. The molecule has 8 heteroatoms. The SMILES string of the molecule is COc1ccccc1/C=C1\SC(=S)N(CC(=O)Nc2cc(C)ccc2O)C1=O. The Kier molecular flexibility index (Phi) is 6.01. The Morgan fingerprint density at radius 1 is 1.32 bits per heavy atom. The molecule has 0 aromatic heterocycles. The number of carbonyl (C=O) groups excluding carboxylic acids is 2. The van der Waals surface area contributed by atoms with Crippen LogP contribution in [0.2, 0.25) is 0 Å². The minimum absolute atomic E-state index is 0.0413. The minimum atomic E-state index is -0.448. The lowest BCUT2D eigenvalue weighted by molar-refractivity contribution is -0.126. The van der Waals surface area contributed by atoms with Gasteiger partial charge in [-0.3, -0.25) is 14.5 Å². The van der Waals surface area contributed by atoms with E-state index >= 15 is 0 Å². The van der Waals surface area contributed by atoms with Gasteiger partial charge in [-0.25, -0.2) is 0 Å². The van der Waals surface area contributed by atoms with Gasteiger partial charge in [0, 0.05) is 5.56 Å². The number of amides is 2. The van der Waals surface area contributed by atoms with Gasteiger partial charge in [-0.1, -0.05) is 48.2 Å². The summed E-state index contributed by atoms with van der Waals surface area (Å²) < 4.78 is 5.60. The molecule has 3 rings (SSSR count). The van der Waals surface area contributed by atoms with Gasteiger partial charge < -0.3 is 15.2 Å². The highest BCUT2D eigenvalue weighted by Gasteiger charge is 2.33. The third-order valence-corrected chi connectivity index (χ3v) is 5.40. The Bertz CT molecular complexity index is 988. The molecule has 0 aliphatic carbocycles. The Balaban J connectivity index is 1.74. The number of ether oxygens (including phenoxy) is 1. The van der Waals surface area contributed by atoms with Crippen LogP contribution in [0.15, 0.2) is 47.4 Å². The molecule has 2 amide bonds. The van der Waals surface area contributed by atoms with E-state index in [1.807, 2.05) is 25.1 Å². The number of phenolic OH excluding ortho intramolecular Hbond substituents is 1. The standard InChI is InChI=1S/C20H18N2O4S2/c1-12-7-8-15(23)14(9-12)21-18(24)11-22-19(25)17(28-20(22)27)10-13-5-3-4-6-16(13)26-2/h3-10,23H,11H2,1-2H3,(H,21,24)/b17-10-. The monoisotopic (exact) mass is 414 g/mol. The van der Waals surface area contributed by atoms with E-state index in [1.165, 1.54) is 11.0 Å². The molecule has 0 unspecified atom stereocenters. The van der Waals surface area contributed by atoms with Crippen LogP contribution in [-0.2, 0) is 9.59 Å². The predicted octanol–water partition coefficient (Wildman–Crippen LogP) is 3.55. The maximum absolute atomic E-state index is 12.7. The number of hydrogen-bond donors (Lipinski definition) is 2. The zero-order valence-corrected chi connectivity index (χ0v) is 16.9. The van der Waals surface area contributed by atoms with Crippen molar-refractivity contribution in [2.45, 2.75) is 6.92 Å². The van der Waals surface area contributed by atoms with Gasteiger partial charge in [0.1, 0.15) is 22.4 Å². The van der Waals surface area contributed by atoms with Crippen molar-refractivity contribution in [1.82, 2.24) is 4.90 Å². The molecule has 0 bridgehead atoms. The maximum atomic E-state index is 12.7. The summed E-state index contributed by atoms with van der Waals surface area (Å²) in [6.45, 7) is 1.61. The van der Waals surface area contributed by atoms with Crippen molar-refractivity contribution in [1.29, 1.82) is 0 Å². The largest absolute Gasteiger partial charge is 0.506 e. The third kappa shape index (κ3) is 4.35. The summed E-state index contributed by atoms with van der Waals surface area (Å²) >= 11 is 6.40. The number of aromatic hydroxyl groups is 1. The fourth-order valence-corrected chi connectivity index (χ4v) is 3.89. The molecule has 0 spiro atoms. The van der Waals surface area contributed by atoms with Crippen LogP contribution in [0, 0.1) is 6.92 Å². The zero-order chi connectivity index (χ0) is 20.3. The average molecular weight is 415 g/mol. The highest BCUT2D eigenvalue weighted by molar-refractivity contribution is 8.26. The van der Waals surface area contributed by atoms with Crippen molar-refractivity contribution in [3.63, 3.8) is 0 Å². The second kappa shape index (κ2) is 8.45. The second-order valence-electron chi connectivity index (χ2n) is 6.08. The molecule has 2 aromatic carbocycles. The lowest BCUT2D eigenvalue weighted by Crippen LogP contribution is -2.36. The smallest absolute Gasteiger partial charge is 0.266 e. The van der Waals surface area contributed by atoms with Crippen LogP contribution in [0.3, 0.4) is 0 Å². The molecular formula is C20H18N2O4S2. The molecule has 0 atom stereocenters. The van der Waals surface area contributed by atoms with Crippen LogP contribution in [0.25, 0.3) is 6.08 Å². The molecule has 1 saturated heterocycles. The molecule has 6 nitrogen and oxygen atoms in total. The molecule has 2 aromatic rings. The van der Waals surface area contributed by atoms with Crippen LogP contribution in [0.5, 0.6) is 11.5 Å². The number of nitrogens with one attached hydrogen (secondary N) is 1. The minimum Gasteiger partial charge on any atom is -0.506 e. The summed E-state index contributed by atoms with van der Waals surface area (Å²) in [6.07, 6.45) is 1.70. The Morgan fingerprint density at radius 3 is 2.82 bits per heavy atom. The van der Waals surface area contributed by atoms with E-state index in [4.69, 9.17) is 17.0 Å². The fourth-order valence-electron chi connectivity index (χ4n) is 2.65. The Morgan fingerprint density at radius 2 is 2.07 bits per heavy atom. The van der Waals surface area contributed by atoms with Crippen molar-refractivity contribution in [3.05, 3.63) is 58.5 Å². The van der Waals surface area contributed by atoms with Crippen LogP contribution < -0.4 is 10.1 Å². The lowest BCUT2D eigenvalue weighted by atomic mass is 10.2. The molecule has 1 aliphatic rings. The molecule has 0 saturated carbocycles. The number of methoxy groups -OCH3 is 1. The van der Waals surface area contributed by atoms with Crippen molar-refractivity contribution in [2.24, 2.45) is 0 Å². The van der Waals surface area contributed by atoms with Gasteiger partial charge >= 0.3 is 0 Å². The molecule has 1 aliphatic heterocycles. The van der Waals surface area contributed by atoms with E-state index in [2.05, 4.69) is 5.32 Å². The topological polar surface area (TPSA) is 78.9 Å². The maximum Gasteiger partial charge on any atom is 0.266 e. The second-order valence-corrected chi connectivity index (χ2v) is 7.75. The normalized spacial score (nSPS) is 15.2. The molecule has 1 fully saturated rings. The summed E-state index contributed by atoms with van der Waals surface area (Å²) in [5.74, 6) is -0.193. The summed E-state index contributed by atoms with van der Waals surface area (Å²) in [7, 11) is 1.56. The number of nitrogens with zero attached hydrogens (tertiary/aromatic N) is 1. The summed E-state index contributed by atoms with van der Waals surface area (Å²) in [4.78, 5) is 26.7. The number of thioether (sulfide) groups is 1. The zero-order valence-electron chi connectivity index (χ0n) is 15.3. The number of carbonyl (C=O) groups is 2. The van der Waals surface area contributed by atoms with Gasteiger partial charge in [-0.05, 0) is 36.8 Å². The first-order chi connectivity index (χ1) is 13.4. The van der Waals surface area contributed by atoms with E-state index in [9.17, 15) is 14.7 Å². The third-order valence-electron chi connectivity index (χ3n) is 4.03. The first-order valence-electron chi connectivity index (χ1n) is 8.37. The fraction of sp³-hybridized carbons (Fsp3) is 0.150. The van der Waals surface area contributed by atoms with Crippen molar-refractivity contribution in [2.75, 3.05) is 19.0 Å². The molecule has 144 valence electrons. The Labute approximate surface area is 172 Å². The number of anilines is 1. The van der Waals surface area contributed by atoms with Crippen molar-refractivity contribution >= 4 is 51.9 Å². The number of aryl methyl sites for hydroxylation is 1. The highest BCUT2D eigenvalue weighted by atomic mass is 32.2. The van der Waals surface area contributed by atoms with Crippen LogP contribution in [0.4, 0.5) is 5.69 Å². The van der Waals surface area contributed by atoms with E-state index < -0.39 is 5.91 Å². The van der Waals surface area contributed by atoms with E-state index in [-0.39, 0.29) is 18.2 Å². The van der Waals surface area contributed by atoms with Crippen LogP contribution in [-0.4, -0.2) is 39.8 Å². The number of thiocarbonyl (C=S) groups is 1. The number of para-hydroxylation sites is 1. The highest BCUT2D eigenvalue weighted by Crippen LogP contribution is 2.34. The van der Waals surface area contributed by atoms with Crippen LogP contribution in [0.1, 0.15) is 11.1 Å². The van der Waals surface area contributed by atoms with Gasteiger partial charge in [0.2, 0.25) is 5.91 Å². The predicted molar refractivity (Wildman–Crippen MR) is 114 cm³/mol. The van der Waals surface area contributed by atoms with Crippen molar-refractivity contribution in [3.8, 4) is 11.5 Å². The molecule has 2 N–H and O–H groups in total. The van der Waals surface area contributed by atoms with E-state index in [1.54, 1.807) is 31.4 Å². The van der Waals surface area contributed by atoms with Gasteiger partial charge in [0.15, 0.2) is 0 Å². The van der Waals surface area contributed by atoms with Gasteiger partial charge in [0.05, 0.1) is 17.7 Å². The first kappa shape index (κ1) is 19.9. The molecule has 1 heterocycles. The van der Waals surface area contributed by atoms with E-state index in [0.29, 0.717) is 20.7 Å². The number of phenols is 1. The average Bonchev–Trinajstić information content (AvgIpc) is 2.92.